The molecule has 0 aromatic heterocycles. The van der Waals surface area contributed by atoms with Gasteiger partial charge in [-0.05, 0) is 0 Å². The molecule has 1 heterocycles. The van der Waals surface area contributed by atoms with Gasteiger partial charge in [-0.25, -0.2) is 0 Å². The molecule has 2 atom stereocenters. The summed E-state index contributed by atoms with van der Waals surface area (Å²) in [6.45, 7) is 0.806. The van der Waals surface area contributed by atoms with Gasteiger partial charge in [0.05, 0.1) is 13.2 Å². The van der Waals surface area contributed by atoms with Gasteiger partial charge in [0.25, 0.3) is 0 Å². The molecule has 6 heteroatoms. The number of aliphatic hydroxyl groups excluding tert-OH is 1. The van der Waals surface area contributed by atoms with E-state index < -0.39 is 18.4 Å². The number of carboxylic acids is 1. The molecule has 76 valence electrons. The van der Waals surface area contributed by atoms with Gasteiger partial charge in [-0.2, -0.15) is 0 Å². The molecule has 1 fully saturated rings. The maximum Gasteiger partial charge on any atom is 0.321 e. The number of aliphatic hydroxyl groups is 1. The van der Waals surface area contributed by atoms with Crippen molar-refractivity contribution in [2.45, 2.75) is 12.5 Å². The van der Waals surface area contributed by atoms with E-state index in [1.807, 2.05) is 0 Å². The van der Waals surface area contributed by atoms with Gasteiger partial charge in [-0.1, -0.05) is 0 Å². The number of nitrogens with one attached hydrogen (secondary N) is 1. The van der Waals surface area contributed by atoms with Crippen LogP contribution in [0, 0.1) is 5.92 Å². The largest absolute Gasteiger partial charge is 0.480 e. The van der Waals surface area contributed by atoms with Gasteiger partial charge in [-0.3, -0.25) is 10.1 Å². The summed E-state index contributed by atoms with van der Waals surface area (Å²) < 4.78 is 9.35. The van der Waals surface area contributed by atoms with E-state index in [9.17, 15) is 4.79 Å². The summed E-state index contributed by atoms with van der Waals surface area (Å²) in [6, 6.07) is -0.816. The van der Waals surface area contributed by atoms with Crippen LogP contribution in [0.2, 0.25) is 0 Å². The van der Waals surface area contributed by atoms with Gasteiger partial charge in [0.15, 0.2) is 0 Å². The van der Waals surface area contributed by atoms with E-state index >= 15 is 0 Å². The van der Waals surface area contributed by atoms with Gasteiger partial charge >= 0.3 is 5.97 Å². The Hall–Kier alpha value is -0.690. The predicted octanol–water partition coefficient (Wildman–Crippen LogP) is -1.40. The van der Waals surface area contributed by atoms with E-state index in [0.717, 1.165) is 0 Å². The Morgan fingerprint density at radius 3 is 2.62 bits per heavy atom. The fourth-order valence-corrected chi connectivity index (χ4v) is 1.08. The molecule has 0 aromatic rings. The van der Waals surface area contributed by atoms with Crippen LogP contribution in [0.5, 0.6) is 0 Å². The van der Waals surface area contributed by atoms with Crippen LogP contribution in [0.15, 0.2) is 0 Å². The quantitative estimate of drug-likeness (QED) is 0.463. The van der Waals surface area contributed by atoms with Crippen LogP contribution in [-0.4, -0.2) is 49.0 Å². The molecule has 2 unspecified atom stereocenters. The van der Waals surface area contributed by atoms with Crippen LogP contribution < -0.4 is 5.32 Å². The van der Waals surface area contributed by atoms with E-state index in [1.165, 1.54) is 7.11 Å². The van der Waals surface area contributed by atoms with Gasteiger partial charge in [0.2, 0.25) is 6.41 Å². The van der Waals surface area contributed by atoms with Crippen LogP contribution in [0.4, 0.5) is 0 Å². The highest BCUT2D eigenvalue weighted by Crippen LogP contribution is 2.15. The summed E-state index contributed by atoms with van der Waals surface area (Å²) >= 11 is 0. The van der Waals surface area contributed by atoms with Gasteiger partial charge in [0, 0.05) is 13.0 Å². The lowest BCUT2D eigenvalue weighted by molar-refractivity contribution is -0.160. The molecule has 1 saturated heterocycles. The van der Waals surface area contributed by atoms with Crippen molar-refractivity contribution in [2.24, 2.45) is 5.92 Å². The van der Waals surface area contributed by atoms with Gasteiger partial charge in [0.1, 0.15) is 6.04 Å². The maximum absolute atomic E-state index is 10.7. The first kappa shape index (κ1) is 10.4. The Labute approximate surface area is 75.5 Å². The molecule has 0 spiro atoms. The summed E-state index contributed by atoms with van der Waals surface area (Å²) in [5.41, 5.74) is 0. The van der Waals surface area contributed by atoms with Crippen molar-refractivity contribution in [2.75, 3.05) is 20.3 Å². The van der Waals surface area contributed by atoms with Gasteiger partial charge in [-0.15, -0.1) is 0 Å². The average Bonchev–Trinajstić information content (AvgIpc) is 1.99. The molecule has 13 heavy (non-hydrogen) atoms. The summed E-state index contributed by atoms with van der Waals surface area (Å²) in [7, 11) is 1.29. The molecule has 6 nitrogen and oxygen atoms in total. The van der Waals surface area contributed by atoms with Gasteiger partial charge < -0.3 is 19.7 Å². The molecule has 0 aromatic carbocycles. The minimum atomic E-state index is -1.25. The van der Waals surface area contributed by atoms with Crippen molar-refractivity contribution in [3.05, 3.63) is 0 Å². The fraction of sp³-hybridized carbons (Fsp3) is 0.857. The number of carbonyl (C=O) groups is 1. The van der Waals surface area contributed by atoms with Crippen LogP contribution >= 0.6 is 0 Å². The van der Waals surface area contributed by atoms with Crippen LogP contribution in [-0.2, 0) is 14.3 Å². The molecule has 1 rings (SSSR count). The molecule has 0 radical (unpaired) electrons. The first-order valence-corrected chi connectivity index (χ1v) is 3.92. The molecule has 1 aliphatic heterocycles. The number of methoxy groups -OCH3 is 1. The Bertz CT molecular complexity index is 182. The second-order valence-corrected chi connectivity index (χ2v) is 2.87. The highest BCUT2D eigenvalue weighted by Gasteiger charge is 2.34. The third kappa shape index (κ3) is 2.63. The summed E-state index contributed by atoms with van der Waals surface area (Å²) in [5.74, 6) is -1.10. The third-order valence-corrected chi connectivity index (χ3v) is 1.95. The number of ether oxygens (including phenoxy) is 2. The van der Waals surface area contributed by atoms with E-state index in [-0.39, 0.29) is 5.92 Å². The Morgan fingerprint density at radius 2 is 2.31 bits per heavy atom. The van der Waals surface area contributed by atoms with E-state index in [0.29, 0.717) is 13.2 Å². The van der Waals surface area contributed by atoms with E-state index in [2.05, 4.69) is 10.1 Å². The first-order valence-electron chi connectivity index (χ1n) is 3.92. The summed E-state index contributed by atoms with van der Waals surface area (Å²) in [5, 5.41) is 20.2. The minimum absolute atomic E-state index is 0.0951. The predicted molar refractivity (Wildman–Crippen MR) is 41.9 cm³/mol. The normalized spacial score (nSPS) is 22.0. The smallest absolute Gasteiger partial charge is 0.321 e. The SMILES string of the molecule is COC(O)NC(C(=O)O)C1COC1. The first-order chi connectivity index (χ1) is 6.15. The monoisotopic (exact) mass is 191 g/mol. The molecule has 1 aliphatic rings. The van der Waals surface area contributed by atoms with E-state index in [4.69, 9.17) is 14.9 Å². The van der Waals surface area contributed by atoms with Crippen LogP contribution in [0.3, 0.4) is 0 Å². The zero-order chi connectivity index (χ0) is 9.84. The van der Waals surface area contributed by atoms with Crippen molar-refractivity contribution in [1.82, 2.24) is 5.32 Å². The second-order valence-electron chi connectivity index (χ2n) is 2.87. The molecule has 3 N–H and O–H groups in total. The highest BCUT2D eigenvalue weighted by atomic mass is 16.6. The molecule has 0 saturated carbocycles. The number of hydrogen-bond donors (Lipinski definition) is 3. The van der Waals surface area contributed by atoms with Crippen LogP contribution in [0.25, 0.3) is 0 Å². The van der Waals surface area contributed by atoms with Crippen molar-refractivity contribution in [1.29, 1.82) is 0 Å². The molecule has 0 amide bonds. The standard InChI is InChI=1S/C7H13NO5/c1-12-7(11)8-5(6(9)10)4-2-13-3-4/h4-5,7-8,11H,2-3H2,1H3,(H,9,10). The lowest BCUT2D eigenvalue weighted by Gasteiger charge is -2.32. The molecule has 0 bridgehead atoms. The van der Waals surface area contributed by atoms with Crippen molar-refractivity contribution >= 4 is 5.97 Å². The topological polar surface area (TPSA) is 88.0 Å². The number of rotatable bonds is 5. The average molecular weight is 191 g/mol. The maximum atomic E-state index is 10.7. The summed E-state index contributed by atoms with van der Waals surface area (Å²) in [4.78, 5) is 10.7. The number of aliphatic carboxylic acids is 1. The third-order valence-electron chi connectivity index (χ3n) is 1.95. The van der Waals surface area contributed by atoms with Crippen molar-refractivity contribution in [3.63, 3.8) is 0 Å². The molecule has 0 aliphatic carbocycles. The van der Waals surface area contributed by atoms with Crippen molar-refractivity contribution < 1.29 is 24.5 Å². The number of hydrogen-bond acceptors (Lipinski definition) is 5. The second kappa shape index (κ2) is 4.52. The highest BCUT2D eigenvalue weighted by molar-refractivity contribution is 5.74. The Morgan fingerprint density at radius 1 is 1.69 bits per heavy atom. The molecular formula is C7H13NO5. The van der Waals surface area contributed by atoms with Crippen molar-refractivity contribution in [3.8, 4) is 0 Å². The zero-order valence-electron chi connectivity index (χ0n) is 7.27. The summed E-state index contributed by atoms with van der Waals surface area (Å²) in [6.07, 6.45) is -1.25. The lowest BCUT2D eigenvalue weighted by Crippen LogP contribution is -2.54. The zero-order valence-corrected chi connectivity index (χ0v) is 7.27. The Kier molecular flexibility index (Phi) is 3.61. The lowest BCUT2D eigenvalue weighted by atomic mass is 9.98. The molecular weight excluding hydrogens is 178 g/mol. The van der Waals surface area contributed by atoms with Crippen LogP contribution in [0.1, 0.15) is 0 Å². The number of carboxylic acid groups (broad SMARTS) is 1. The fourth-order valence-electron chi connectivity index (χ4n) is 1.08. The minimum Gasteiger partial charge on any atom is -0.480 e. The van der Waals surface area contributed by atoms with E-state index in [1.54, 1.807) is 0 Å². The Balaban J connectivity index is 2.42.